The summed E-state index contributed by atoms with van der Waals surface area (Å²) >= 11 is 2.83. The van der Waals surface area contributed by atoms with Crippen LogP contribution in [0.25, 0.3) is 0 Å². The highest BCUT2D eigenvalue weighted by Crippen LogP contribution is 2.27. The van der Waals surface area contributed by atoms with Crippen LogP contribution in [-0.2, 0) is 11.2 Å². The van der Waals surface area contributed by atoms with Crippen molar-refractivity contribution in [2.24, 2.45) is 0 Å². The zero-order valence-corrected chi connectivity index (χ0v) is 16.8. The Hall–Kier alpha value is -2.51. The number of carbonyl (C=O) groups excluding carboxylic acids is 2. The number of anilines is 1. The van der Waals surface area contributed by atoms with Gasteiger partial charge in [0.1, 0.15) is 5.69 Å². The van der Waals surface area contributed by atoms with Crippen molar-refractivity contribution in [3.05, 3.63) is 68.9 Å². The Balaban J connectivity index is 1.80. The Morgan fingerprint density at radius 1 is 1.15 bits per heavy atom. The number of nitrogens with zero attached hydrogens (tertiary/aromatic N) is 1. The Morgan fingerprint density at radius 3 is 2.56 bits per heavy atom. The highest BCUT2D eigenvalue weighted by atomic mass is 32.1. The standard InChI is InChI=1S/C20H21N3O2S2/c1-3-5-14-7-9-15(10-8-14)18(17-6-4-11-26-17)23-19(25)16-12-27-20(22-16)21-13(2)24/h4,6-12,18H,3,5H2,1-2H3,(H,23,25)(H,21,22,24). The zero-order valence-electron chi connectivity index (χ0n) is 15.2. The number of benzene rings is 1. The molecule has 3 aromatic rings. The predicted octanol–water partition coefficient (Wildman–Crippen LogP) is 4.63. The minimum atomic E-state index is -0.265. The van der Waals surface area contributed by atoms with E-state index in [1.54, 1.807) is 16.7 Å². The number of thiazole rings is 1. The summed E-state index contributed by atoms with van der Waals surface area (Å²) in [4.78, 5) is 29.1. The number of nitrogens with one attached hydrogen (secondary N) is 2. The van der Waals surface area contributed by atoms with E-state index in [0.717, 1.165) is 23.3 Å². The maximum Gasteiger partial charge on any atom is 0.271 e. The van der Waals surface area contributed by atoms with Gasteiger partial charge in [0.25, 0.3) is 5.91 Å². The summed E-state index contributed by atoms with van der Waals surface area (Å²) in [5, 5.41) is 9.74. The Labute approximate surface area is 166 Å². The molecule has 0 bridgehead atoms. The van der Waals surface area contributed by atoms with Gasteiger partial charge in [0, 0.05) is 17.2 Å². The van der Waals surface area contributed by atoms with E-state index < -0.39 is 0 Å². The molecular weight excluding hydrogens is 378 g/mol. The number of aryl methyl sites for hydroxylation is 1. The number of hydrogen-bond donors (Lipinski definition) is 2. The first-order valence-corrected chi connectivity index (χ1v) is 10.5. The van der Waals surface area contributed by atoms with Crippen molar-refractivity contribution in [3.63, 3.8) is 0 Å². The van der Waals surface area contributed by atoms with Crippen LogP contribution in [0.4, 0.5) is 5.13 Å². The summed E-state index contributed by atoms with van der Waals surface area (Å²) in [7, 11) is 0. The summed E-state index contributed by atoms with van der Waals surface area (Å²) in [5.41, 5.74) is 2.62. The third-order valence-corrected chi connectivity index (χ3v) is 5.67. The lowest BCUT2D eigenvalue weighted by atomic mass is 10.0. The van der Waals surface area contributed by atoms with E-state index >= 15 is 0 Å². The fraction of sp³-hybridized carbons (Fsp3) is 0.250. The average molecular weight is 400 g/mol. The van der Waals surface area contributed by atoms with Crippen molar-refractivity contribution in [2.75, 3.05) is 5.32 Å². The van der Waals surface area contributed by atoms with Gasteiger partial charge in [-0.1, -0.05) is 43.7 Å². The molecular formula is C20H21N3O2S2. The molecule has 0 spiro atoms. The smallest absolute Gasteiger partial charge is 0.271 e. The van der Waals surface area contributed by atoms with Crippen LogP contribution < -0.4 is 10.6 Å². The van der Waals surface area contributed by atoms with Crippen molar-refractivity contribution in [1.82, 2.24) is 10.3 Å². The van der Waals surface area contributed by atoms with Gasteiger partial charge in [-0.15, -0.1) is 22.7 Å². The number of hydrogen-bond acceptors (Lipinski definition) is 5. The molecule has 0 aliphatic carbocycles. The second kappa shape index (κ2) is 8.92. The van der Waals surface area contributed by atoms with Crippen LogP contribution in [0, 0.1) is 0 Å². The number of amides is 2. The summed E-state index contributed by atoms with van der Waals surface area (Å²) in [6, 6.07) is 12.1. The number of rotatable bonds is 7. The Morgan fingerprint density at radius 2 is 1.93 bits per heavy atom. The Kier molecular flexibility index (Phi) is 6.36. The first-order valence-electron chi connectivity index (χ1n) is 8.73. The van der Waals surface area contributed by atoms with Gasteiger partial charge in [-0.05, 0) is 29.0 Å². The Bertz CT molecular complexity index is 902. The van der Waals surface area contributed by atoms with Gasteiger partial charge in [0.15, 0.2) is 5.13 Å². The number of thiophene rings is 1. The quantitative estimate of drug-likeness (QED) is 0.608. The van der Waals surface area contributed by atoms with Gasteiger partial charge < -0.3 is 10.6 Å². The molecule has 0 aliphatic heterocycles. The van der Waals surface area contributed by atoms with Gasteiger partial charge in [-0.25, -0.2) is 4.98 Å². The van der Waals surface area contributed by atoms with Crippen molar-refractivity contribution < 1.29 is 9.59 Å². The SMILES string of the molecule is CCCc1ccc(C(NC(=O)c2csc(NC(C)=O)n2)c2cccs2)cc1. The minimum absolute atomic E-state index is 0.208. The lowest BCUT2D eigenvalue weighted by molar-refractivity contribution is -0.114. The van der Waals surface area contributed by atoms with Crippen molar-refractivity contribution in [2.45, 2.75) is 32.7 Å². The maximum absolute atomic E-state index is 12.7. The molecule has 2 heterocycles. The molecule has 1 unspecified atom stereocenters. The largest absolute Gasteiger partial charge is 0.339 e. The molecule has 0 radical (unpaired) electrons. The number of aromatic nitrogens is 1. The summed E-state index contributed by atoms with van der Waals surface area (Å²) in [5.74, 6) is -0.473. The maximum atomic E-state index is 12.7. The van der Waals surface area contributed by atoms with E-state index in [0.29, 0.717) is 10.8 Å². The van der Waals surface area contributed by atoms with Crippen LogP contribution in [0.15, 0.2) is 47.2 Å². The normalized spacial score (nSPS) is 11.8. The van der Waals surface area contributed by atoms with Crippen LogP contribution in [-0.4, -0.2) is 16.8 Å². The molecule has 7 heteroatoms. The van der Waals surface area contributed by atoms with E-state index in [1.807, 2.05) is 17.5 Å². The van der Waals surface area contributed by atoms with Gasteiger partial charge in [-0.3, -0.25) is 9.59 Å². The van der Waals surface area contributed by atoms with Gasteiger partial charge >= 0.3 is 0 Å². The fourth-order valence-corrected chi connectivity index (χ4v) is 4.27. The van der Waals surface area contributed by atoms with E-state index in [1.165, 1.54) is 23.8 Å². The zero-order chi connectivity index (χ0) is 19.2. The molecule has 2 aromatic heterocycles. The van der Waals surface area contributed by atoms with Crippen molar-refractivity contribution >= 4 is 39.6 Å². The van der Waals surface area contributed by atoms with E-state index in [9.17, 15) is 9.59 Å². The molecule has 3 rings (SSSR count). The first kappa shape index (κ1) is 19.3. The summed E-state index contributed by atoms with van der Waals surface area (Å²) in [6.07, 6.45) is 2.14. The molecule has 5 nitrogen and oxygen atoms in total. The van der Waals surface area contributed by atoms with Crippen molar-refractivity contribution in [1.29, 1.82) is 0 Å². The van der Waals surface area contributed by atoms with E-state index in [2.05, 4.69) is 46.8 Å². The van der Waals surface area contributed by atoms with E-state index in [-0.39, 0.29) is 17.9 Å². The molecule has 0 aliphatic rings. The summed E-state index contributed by atoms with van der Waals surface area (Å²) in [6.45, 7) is 3.57. The highest BCUT2D eigenvalue weighted by molar-refractivity contribution is 7.14. The lowest BCUT2D eigenvalue weighted by Crippen LogP contribution is -2.29. The molecule has 140 valence electrons. The van der Waals surface area contributed by atoms with E-state index in [4.69, 9.17) is 0 Å². The van der Waals surface area contributed by atoms with Gasteiger partial charge in [0.2, 0.25) is 5.91 Å². The molecule has 27 heavy (non-hydrogen) atoms. The lowest BCUT2D eigenvalue weighted by Gasteiger charge is -2.18. The molecule has 0 fully saturated rings. The predicted molar refractivity (Wildman–Crippen MR) is 110 cm³/mol. The summed E-state index contributed by atoms with van der Waals surface area (Å²) < 4.78 is 0. The van der Waals surface area contributed by atoms with Crippen molar-refractivity contribution in [3.8, 4) is 0 Å². The van der Waals surface area contributed by atoms with Crippen LogP contribution in [0.3, 0.4) is 0 Å². The monoisotopic (exact) mass is 399 g/mol. The topological polar surface area (TPSA) is 71.1 Å². The average Bonchev–Trinajstić information content (AvgIpc) is 3.32. The highest BCUT2D eigenvalue weighted by Gasteiger charge is 2.20. The molecule has 1 atom stereocenters. The third-order valence-electron chi connectivity index (χ3n) is 3.97. The second-order valence-corrected chi connectivity index (χ2v) is 7.97. The van der Waals surface area contributed by atoms with Crippen LogP contribution in [0.1, 0.15) is 52.8 Å². The minimum Gasteiger partial charge on any atom is -0.339 e. The van der Waals surface area contributed by atoms with Gasteiger partial charge in [-0.2, -0.15) is 0 Å². The third kappa shape index (κ3) is 5.02. The second-order valence-electron chi connectivity index (χ2n) is 6.13. The van der Waals surface area contributed by atoms with Crippen LogP contribution >= 0.6 is 22.7 Å². The van der Waals surface area contributed by atoms with Gasteiger partial charge in [0.05, 0.1) is 6.04 Å². The molecule has 0 saturated carbocycles. The molecule has 1 aromatic carbocycles. The van der Waals surface area contributed by atoms with Crippen LogP contribution in [0.5, 0.6) is 0 Å². The van der Waals surface area contributed by atoms with Crippen LogP contribution in [0.2, 0.25) is 0 Å². The fourth-order valence-electron chi connectivity index (χ4n) is 2.73. The first-order chi connectivity index (χ1) is 13.1. The molecule has 0 saturated heterocycles. The molecule has 2 amide bonds. The number of carbonyl (C=O) groups is 2. The molecule has 2 N–H and O–H groups in total.